The van der Waals surface area contributed by atoms with Gasteiger partial charge in [0.1, 0.15) is 29.9 Å². The van der Waals surface area contributed by atoms with Crippen molar-refractivity contribution in [3.63, 3.8) is 0 Å². The Balaban J connectivity index is 1.58. The number of aliphatic hydroxyl groups excluding tert-OH is 3. The van der Waals surface area contributed by atoms with Crippen LogP contribution in [0.4, 0.5) is 0 Å². The molecule has 31 heavy (non-hydrogen) atoms. The third kappa shape index (κ3) is 6.68. The van der Waals surface area contributed by atoms with Gasteiger partial charge in [-0.25, -0.2) is 0 Å². The molecule has 0 saturated carbocycles. The largest absolute Gasteiger partial charge is 0.388 e. The molecule has 0 aliphatic carbocycles. The minimum Gasteiger partial charge on any atom is -0.388 e. The van der Waals surface area contributed by atoms with Gasteiger partial charge in [-0.1, -0.05) is 13.8 Å². The number of thioether (sulfide) groups is 3. The summed E-state index contributed by atoms with van der Waals surface area (Å²) in [5.41, 5.74) is -0.648. The van der Waals surface area contributed by atoms with Crippen LogP contribution in [0.15, 0.2) is 0 Å². The van der Waals surface area contributed by atoms with Gasteiger partial charge >= 0.3 is 0 Å². The maximum absolute atomic E-state index is 13.1. The summed E-state index contributed by atoms with van der Waals surface area (Å²) < 4.78 is 6.63. The second-order valence-electron chi connectivity index (χ2n) is 9.10. The van der Waals surface area contributed by atoms with Crippen LogP contribution in [0.1, 0.15) is 39.5 Å². The fourth-order valence-corrected chi connectivity index (χ4v) is 8.20. The van der Waals surface area contributed by atoms with Crippen molar-refractivity contribution in [1.82, 2.24) is 10.6 Å². The summed E-state index contributed by atoms with van der Waals surface area (Å²) in [5, 5.41) is 37.4. The summed E-state index contributed by atoms with van der Waals surface area (Å²) in [4.78, 5) is 13.1. The highest BCUT2D eigenvalue weighted by Gasteiger charge is 2.47. The SMILES string of the molecule is CSC1OC(C(NC(=O)C2CC(CCC3SCCS3)CCN2)C(C)C)C(O)C(O)C1O. The molecule has 0 bridgehead atoms. The number of ether oxygens (including phenoxy) is 1. The lowest BCUT2D eigenvalue weighted by atomic mass is 9.86. The number of hydrogen-bond donors (Lipinski definition) is 5. The van der Waals surface area contributed by atoms with Gasteiger partial charge in [0.2, 0.25) is 5.91 Å². The number of amides is 1. The molecule has 0 spiro atoms. The molecule has 5 N–H and O–H groups in total. The molecule has 8 atom stereocenters. The summed E-state index contributed by atoms with van der Waals surface area (Å²) in [7, 11) is 0. The normalized spacial score (nSPS) is 38.4. The minimum atomic E-state index is -1.31. The van der Waals surface area contributed by atoms with E-state index in [9.17, 15) is 20.1 Å². The second-order valence-corrected chi connectivity index (χ2v) is 13.0. The molecular weight excluding hydrogens is 456 g/mol. The topological polar surface area (TPSA) is 111 Å². The number of carbonyl (C=O) groups excluding carboxylic acids is 1. The number of piperidine rings is 1. The Hall–Kier alpha value is 0.320. The Morgan fingerprint density at radius 2 is 1.87 bits per heavy atom. The first-order valence-electron chi connectivity index (χ1n) is 11.3. The first-order chi connectivity index (χ1) is 14.8. The molecule has 1 amide bonds. The Morgan fingerprint density at radius 3 is 2.52 bits per heavy atom. The van der Waals surface area contributed by atoms with Crippen molar-refractivity contribution in [3.05, 3.63) is 0 Å². The average Bonchev–Trinajstić information content (AvgIpc) is 3.29. The first kappa shape index (κ1) is 25.9. The summed E-state index contributed by atoms with van der Waals surface area (Å²) in [6.45, 7) is 4.75. The van der Waals surface area contributed by atoms with E-state index in [1.807, 2.05) is 13.8 Å². The Kier molecular flexibility index (Phi) is 10.2. The van der Waals surface area contributed by atoms with Crippen LogP contribution >= 0.6 is 35.3 Å². The Labute approximate surface area is 198 Å². The molecule has 10 heteroatoms. The molecule has 3 fully saturated rings. The van der Waals surface area contributed by atoms with E-state index in [1.165, 1.54) is 29.7 Å². The number of rotatable bonds is 8. The van der Waals surface area contributed by atoms with Crippen LogP contribution in [0.2, 0.25) is 0 Å². The molecule has 0 aromatic heterocycles. The highest BCUT2D eigenvalue weighted by Crippen LogP contribution is 2.37. The zero-order valence-electron chi connectivity index (χ0n) is 18.6. The van der Waals surface area contributed by atoms with Gasteiger partial charge in [-0.15, -0.1) is 35.3 Å². The van der Waals surface area contributed by atoms with Crippen molar-refractivity contribution >= 4 is 41.2 Å². The van der Waals surface area contributed by atoms with Gasteiger partial charge in [0, 0.05) is 11.5 Å². The van der Waals surface area contributed by atoms with E-state index >= 15 is 0 Å². The van der Waals surface area contributed by atoms with Crippen LogP contribution in [0.5, 0.6) is 0 Å². The van der Waals surface area contributed by atoms with Crippen molar-refractivity contribution in [2.45, 2.75) is 86.0 Å². The quantitative estimate of drug-likeness (QED) is 0.340. The van der Waals surface area contributed by atoms with Crippen LogP contribution < -0.4 is 10.6 Å². The van der Waals surface area contributed by atoms with E-state index in [2.05, 4.69) is 34.2 Å². The zero-order chi connectivity index (χ0) is 22.5. The predicted octanol–water partition coefficient (Wildman–Crippen LogP) is 1.25. The molecule has 3 saturated heterocycles. The second kappa shape index (κ2) is 12.1. The summed E-state index contributed by atoms with van der Waals surface area (Å²) in [6.07, 6.45) is 1.56. The van der Waals surface area contributed by atoms with Gasteiger partial charge in [0.15, 0.2) is 0 Å². The lowest BCUT2D eigenvalue weighted by Gasteiger charge is -2.44. The average molecular weight is 495 g/mol. The van der Waals surface area contributed by atoms with E-state index in [1.54, 1.807) is 6.26 Å². The van der Waals surface area contributed by atoms with Gasteiger partial charge in [-0.2, -0.15) is 0 Å². The monoisotopic (exact) mass is 494 g/mol. The molecule has 3 aliphatic rings. The molecule has 8 unspecified atom stereocenters. The summed E-state index contributed by atoms with van der Waals surface area (Å²) in [6, 6.07) is -0.718. The minimum absolute atomic E-state index is 0.00986. The van der Waals surface area contributed by atoms with Crippen LogP contribution in [0, 0.1) is 11.8 Å². The van der Waals surface area contributed by atoms with Crippen molar-refractivity contribution in [3.8, 4) is 0 Å². The molecule has 3 heterocycles. The van der Waals surface area contributed by atoms with Gasteiger partial charge in [-0.3, -0.25) is 4.79 Å². The third-order valence-electron chi connectivity index (χ3n) is 6.55. The van der Waals surface area contributed by atoms with Crippen LogP contribution in [-0.2, 0) is 9.53 Å². The molecular formula is C21H38N2O5S3. The lowest BCUT2D eigenvalue weighted by molar-refractivity contribution is -0.208. The van der Waals surface area contributed by atoms with Crippen LogP contribution in [0.3, 0.4) is 0 Å². The van der Waals surface area contributed by atoms with E-state index in [4.69, 9.17) is 4.74 Å². The highest BCUT2D eigenvalue weighted by molar-refractivity contribution is 8.20. The van der Waals surface area contributed by atoms with Crippen molar-refractivity contribution < 1.29 is 24.9 Å². The third-order valence-corrected chi connectivity index (χ3v) is 10.6. The fourth-order valence-electron chi connectivity index (χ4n) is 4.66. The summed E-state index contributed by atoms with van der Waals surface area (Å²) in [5.74, 6) is 2.96. The molecule has 0 aromatic carbocycles. The maximum atomic E-state index is 13.1. The van der Waals surface area contributed by atoms with Gasteiger partial charge in [0.25, 0.3) is 0 Å². The van der Waals surface area contributed by atoms with Gasteiger partial charge in [-0.05, 0) is 50.3 Å². The molecule has 3 aliphatic heterocycles. The van der Waals surface area contributed by atoms with Crippen LogP contribution in [0.25, 0.3) is 0 Å². The van der Waals surface area contributed by atoms with Crippen molar-refractivity contribution in [2.75, 3.05) is 24.3 Å². The number of aliphatic hydroxyl groups is 3. The zero-order valence-corrected chi connectivity index (χ0v) is 21.1. The summed E-state index contributed by atoms with van der Waals surface area (Å²) >= 11 is 5.40. The van der Waals surface area contributed by atoms with Crippen molar-refractivity contribution in [2.24, 2.45) is 11.8 Å². The smallest absolute Gasteiger partial charge is 0.237 e. The first-order valence-corrected chi connectivity index (χ1v) is 14.7. The Bertz CT molecular complexity index is 579. The van der Waals surface area contributed by atoms with Crippen LogP contribution in [-0.4, -0.2) is 92.1 Å². The predicted molar refractivity (Wildman–Crippen MR) is 129 cm³/mol. The molecule has 180 valence electrons. The van der Waals surface area contributed by atoms with E-state index in [0.717, 1.165) is 25.8 Å². The van der Waals surface area contributed by atoms with E-state index in [-0.39, 0.29) is 17.9 Å². The molecule has 3 rings (SSSR count). The highest BCUT2D eigenvalue weighted by atomic mass is 32.2. The lowest BCUT2D eigenvalue weighted by Crippen LogP contribution is -2.65. The molecule has 7 nitrogen and oxygen atoms in total. The van der Waals surface area contributed by atoms with E-state index < -0.39 is 35.9 Å². The Morgan fingerprint density at radius 1 is 1.16 bits per heavy atom. The number of nitrogens with one attached hydrogen (secondary N) is 2. The number of hydrogen-bond acceptors (Lipinski definition) is 9. The standard InChI is InChI=1S/C21H38N2O5S3/c1-11(2)15(19-17(25)16(24)18(26)21(28-19)29-3)23-20(27)13-10-12(6-7-22-13)4-5-14-30-8-9-31-14/h11-19,21-22,24-26H,4-10H2,1-3H3,(H,23,27). The fraction of sp³-hybridized carbons (Fsp3) is 0.952. The van der Waals surface area contributed by atoms with E-state index in [0.29, 0.717) is 10.5 Å². The maximum Gasteiger partial charge on any atom is 0.237 e. The van der Waals surface area contributed by atoms with Gasteiger partial charge < -0.3 is 30.7 Å². The molecule has 0 aromatic rings. The van der Waals surface area contributed by atoms with Gasteiger partial charge in [0.05, 0.1) is 16.7 Å². The number of carbonyl (C=O) groups is 1. The molecule has 0 radical (unpaired) electrons. The van der Waals surface area contributed by atoms with Crippen molar-refractivity contribution in [1.29, 1.82) is 0 Å².